The van der Waals surface area contributed by atoms with Gasteiger partial charge in [-0.1, -0.05) is 11.6 Å². The molecule has 1 atom stereocenters. The molecule has 0 bridgehead atoms. The Kier molecular flexibility index (Phi) is 3.22. The van der Waals surface area contributed by atoms with Crippen molar-refractivity contribution in [2.45, 2.75) is 5.56 Å². The van der Waals surface area contributed by atoms with Gasteiger partial charge < -0.3 is 10.5 Å². The van der Waals surface area contributed by atoms with Crippen LogP contribution in [-0.4, -0.2) is 18.0 Å². The molecule has 0 spiro atoms. The van der Waals surface area contributed by atoms with Crippen LogP contribution in [0, 0.1) is 0 Å². The smallest absolute Gasteiger partial charge is 0.248 e. The molecule has 2 N–H and O–H groups in total. The molecule has 1 amide bonds. The van der Waals surface area contributed by atoms with Crippen molar-refractivity contribution in [2.24, 2.45) is 5.73 Å². The number of halogens is 1. The summed E-state index contributed by atoms with van der Waals surface area (Å²) in [5.74, 6) is -0.511. The highest BCUT2D eigenvalue weighted by Gasteiger charge is 2.09. The summed E-state index contributed by atoms with van der Waals surface area (Å²) in [6, 6.07) is 3.02. The van der Waals surface area contributed by atoms with Gasteiger partial charge in [-0.2, -0.15) is 0 Å². The van der Waals surface area contributed by atoms with Crippen LogP contribution in [0.4, 0.5) is 0 Å². The van der Waals surface area contributed by atoms with Gasteiger partial charge in [-0.15, -0.1) is 0 Å². The van der Waals surface area contributed by atoms with E-state index in [1.165, 1.54) is 25.4 Å². The van der Waals surface area contributed by atoms with E-state index in [2.05, 4.69) is 4.98 Å². The minimum Gasteiger partial charge on any atom is -0.366 e. The molecule has 1 aromatic rings. The number of hydrogen-bond donors (Lipinski definition) is 1. The summed E-state index contributed by atoms with van der Waals surface area (Å²) >= 11 is 5.73. The molecule has 0 aliphatic heterocycles. The van der Waals surface area contributed by atoms with Crippen LogP contribution in [-0.2, 0) is 4.74 Å². The summed E-state index contributed by atoms with van der Waals surface area (Å²) in [7, 11) is 1.45. The van der Waals surface area contributed by atoms with E-state index in [0.29, 0.717) is 11.3 Å². The number of aromatic nitrogens is 1. The molecule has 1 heterocycles. The number of nitrogens with two attached hydrogens (primary N) is 1. The third-order valence-corrected chi connectivity index (χ3v) is 1.91. The summed E-state index contributed by atoms with van der Waals surface area (Å²) in [4.78, 5) is 14.7. The van der Waals surface area contributed by atoms with Crippen LogP contribution < -0.4 is 5.73 Å². The van der Waals surface area contributed by atoms with Gasteiger partial charge in [0.25, 0.3) is 0 Å². The van der Waals surface area contributed by atoms with Gasteiger partial charge in [0.2, 0.25) is 5.91 Å². The van der Waals surface area contributed by atoms with Gasteiger partial charge in [0.05, 0.1) is 5.69 Å². The molecule has 5 heteroatoms. The SMILES string of the molecule is COC(Cl)c1cc(C(N)=O)ccn1. The Bertz CT molecular complexity index is 317. The predicted molar refractivity (Wildman–Crippen MR) is 48.4 cm³/mol. The van der Waals surface area contributed by atoms with Crippen LogP contribution >= 0.6 is 11.6 Å². The van der Waals surface area contributed by atoms with Crippen LogP contribution in [0.1, 0.15) is 21.6 Å². The van der Waals surface area contributed by atoms with E-state index >= 15 is 0 Å². The van der Waals surface area contributed by atoms with Crippen molar-refractivity contribution in [2.75, 3.05) is 7.11 Å². The lowest BCUT2D eigenvalue weighted by Crippen LogP contribution is -2.12. The molecular weight excluding hydrogens is 192 g/mol. The van der Waals surface area contributed by atoms with Crippen LogP contribution in [0.5, 0.6) is 0 Å². The average molecular weight is 201 g/mol. The number of hydrogen-bond acceptors (Lipinski definition) is 3. The average Bonchev–Trinajstić information content (AvgIpc) is 2.17. The van der Waals surface area contributed by atoms with Gasteiger partial charge in [0.1, 0.15) is 0 Å². The third kappa shape index (κ3) is 2.40. The summed E-state index contributed by atoms with van der Waals surface area (Å²) in [5.41, 5.74) is 5.26. The number of carbonyl (C=O) groups is 1. The van der Waals surface area contributed by atoms with Crippen LogP contribution in [0.15, 0.2) is 18.3 Å². The first kappa shape index (κ1) is 9.95. The Labute approximate surface area is 80.7 Å². The Morgan fingerprint density at radius 1 is 1.77 bits per heavy atom. The van der Waals surface area contributed by atoms with Crippen LogP contribution in [0.3, 0.4) is 0 Å². The zero-order chi connectivity index (χ0) is 9.84. The van der Waals surface area contributed by atoms with Gasteiger partial charge in [0, 0.05) is 18.9 Å². The van der Waals surface area contributed by atoms with Crippen molar-refractivity contribution in [3.05, 3.63) is 29.6 Å². The molecule has 0 fully saturated rings. The monoisotopic (exact) mass is 200 g/mol. The molecule has 4 nitrogen and oxygen atoms in total. The maximum absolute atomic E-state index is 10.8. The van der Waals surface area contributed by atoms with Crippen molar-refractivity contribution >= 4 is 17.5 Å². The van der Waals surface area contributed by atoms with Crippen LogP contribution in [0.2, 0.25) is 0 Å². The van der Waals surface area contributed by atoms with Gasteiger partial charge in [-0.05, 0) is 12.1 Å². The molecular formula is C8H9ClN2O2. The van der Waals surface area contributed by atoms with E-state index in [9.17, 15) is 4.79 Å². The number of methoxy groups -OCH3 is 1. The van der Waals surface area contributed by atoms with Crippen molar-refractivity contribution in [3.63, 3.8) is 0 Å². The first-order valence-corrected chi connectivity index (χ1v) is 4.01. The number of ether oxygens (including phenoxy) is 1. The highest BCUT2D eigenvalue weighted by molar-refractivity contribution is 6.19. The second-order valence-electron chi connectivity index (χ2n) is 2.39. The molecule has 0 saturated heterocycles. The van der Waals surface area contributed by atoms with E-state index < -0.39 is 11.5 Å². The molecule has 1 rings (SSSR count). The Hall–Kier alpha value is -1.13. The fraction of sp³-hybridized carbons (Fsp3) is 0.250. The summed E-state index contributed by atoms with van der Waals surface area (Å²) in [5, 5.41) is 0. The van der Waals surface area contributed by atoms with E-state index in [0.717, 1.165) is 0 Å². The first-order valence-electron chi connectivity index (χ1n) is 3.57. The molecule has 70 valence electrons. The molecule has 0 aromatic carbocycles. The molecule has 0 saturated carbocycles. The van der Waals surface area contributed by atoms with Gasteiger partial charge in [-0.3, -0.25) is 9.78 Å². The summed E-state index contributed by atoms with van der Waals surface area (Å²) in [6.45, 7) is 0. The lowest BCUT2D eigenvalue weighted by Gasteiger charge is -2.06. The van der Waals surface area contributed by atoms with E-state index in [1.54, 1.807) is 0 Å². The van der Waals surface area contributed by atoms with E-state index in [4.69, 9.17) is 22.1 Å². The zero-order valence-electron chi connectivity index (χ0n) is 7.03. The number of primary amides is 1. The van der Waals surface area contributed by atoms with Crippen molar-refractivity contribution in [1.82, 2.24) is 4.98 Å². The Morgan fingerprint density at radius 2 is 2.46 bits per heavy atom. The van der Waals surface area contributed by atoms with Crippen molar-refractivity contribution in [3.8, 4) is 0 Å². The molecule has 13 heavy (non-hydrogen) atoms. The van der Waals surface area contributed by atoms with Gasteiger partial charge in [-0.25, -0.2) is 0 Å². The van der Waals surface area contributed by atoms with Crippen LogP contribution in [0.25, 0.3) is 0 Å². The van der Waals surface area contributed by atoms with Crippen molar-refractivity contribution < 1.29 is 9.53 Å². The fourth-order valence-corrected chi connectivity index (χ4v) is 0.966. The summed E-state index contributed by atoms with van der Waals surface area (Å²) < 4.78 is 4.82. The van der Waals surface area contributed by atoms with E-state index in [1.807, 2.05) is 0 Å². The fourth-order valence-electron chi connectivity index (χ4n) is 0.846. The second-order valence-corrected chi connectivity index (χ2v) is 2.78. The predicted octanol–water partition coefficient (Wildman–Crippen LogP) is 1.06. The minimum atomic E-state index is -0.653. The number of nitrogens with zero attached hydrogens (tertiary/aromatic N) is 1. The third-order valence-electron chi connectivity index (χ3n) is 1.51. The number of pyridine rings is 1. The molecule has 0 radical (unpaired) electrons. The lowest BCUT2D eigenvalue weighted by molar-refractivity contribution is 0.0999. The van der Waals surface area contributed by atoms with Gasteiger partial charge in [0.15, 0.2) is 5.56 Å². The lowest BCUT2D eigenvalue weighted by atomic mass is 10.2. The number of amides is 1. The maximum atomic E-state index is 10.8. The highest BCUT2D eigenvalue weighted by Crippen LogP contribution is 2.18. The summed E-state index contributed by atoms with van der Waals surface area (Å²) in [6.07, 6.45) is 1.46. The minimum absolute atomic E-state index is 0.368. The quantitative estimate of drug-likeness (QED) is 0.743. The van der Waals surface area contributed by atoms with Crippen molar-refractivity contribution in [1.29, 1.82) is 0 Å². The Balaban J connectivity index is 2.98. The molecule has 1 aromatic heterocycles. The maximum Gasteiger partial charge on any atom is 0.248 e. The second kappa shape index (κ2) is 4.20. The Morgan fingerprint density at radius 3 is 3.00 bits per heavy atom. The highest BCUT2D eigenvalue weighted by atomic mass is 35.5. The topological polar surface area (TPSA) is 65.2 Å². The number of alkyl halides is 1. The number of rotatable bonds is 3. The molecule has 0 aliphatic rings. The largest absolute Gasteiger partial charge is 0.366 e. The first-order chi connectivity index (χ1) is 6.15. The number of carbonyl (C=O) groups excluding carboxylic acids is 1. The normalized spacial score (nSPS) is 12.5. The standard InChI is InChI=1S/C8H9ClN2O2/c1-13-7(9)6-4-5(8(10)12)2-3-11-6/h2-4,7H,1H3,(H2,10,12). The molecule has 0 aliphatic carbocycles. The van der Waals surface area contributed by atoms with E-state index in [-0.39, 0.29) is 0 Å². The van der Waals surface area contributed by atoms with Gasteiger partial charge >= 0.3 is 0 Å². The molecule has 1 unspecified atom stereocenters. The zero-order valence-corrected chi connectivity index (χ0v) is 7.78.